The quantitative estimate of drug-likeness (QED) is 0.0865. The summed E-state index contributed by atoms with van der Waals surface area (Å²) in [4.78, 5) is 0. The molecular formula is C24H39IO3. The van der Waals surface area contributed by atoms with Crippen molar-refractivity contribution in [2.75, 3.05) is 0 Å². The Hall–Kier alpha value is -0.650. The van der Waals surface area contributed by atoms with E-state index in [4.69, 9.17) is 0 Å². The number of rotatable bonds is 13. The number of phenolic OH excluding ortho intramolecular Hbond substituents is 3. The van der Waals surface area contributed by atoms with Crippen molar-refractivity contribution in [3.05, 3.63) is 17.2 Å². The minimum absolute atomic E-state index is 0.0362. The Morgan fingerprint density at radius 2 is 1.57 bits per heavy atom. The van der Waals surface area contributed by atoms with Crippen molar-refractivity contribution in [2.24, 2.45) is 5.41 Å². The third-order valence-electron chi connectivity index (χ3n) is 6.54. The predicted octanol–water partition coefficient (Wildman–Crippen LogP) is 7.41. The number of aryl methyl sites for hydroxylation is 1. The van der Waals surface area contributed by atoms with Gasteiger partial charge in [0, 0.05) is 14.5 Å². The van der Waals surface area contributed by atoms with Gasteiger partial charge in [0.1, 0.15) is 5.75 Å². The average molecular weight is 502 g/mol. The Bertz CT molecular complexity index is 635. The molecule has 1 fully saturated rings. The third kappa shape index (κ3) is 7.31. The zero-order chi connectivity index (χ0) is 20.8. The summed E-state index contributed by atoms with van der Waals surface area (Å²) >= 11 is 2.58. The molecular weight excluding hydrogens is 463 g/mol. The Morgan fingerprint density at radius 3 is 2.21 bits per heavy atom. The molecule has 160 valence electrons. The summed E-state index contributed by atoms with van der Waals surface area (Å²) in [5.74, 6) is -0.0227. The van der Waals surface area contributed by atoms with Gasteiger partial charge in [0.05, 0.1) is 0 Å². The van der Waals surface area contributed by atoms with E-state index in [-0.39, 0.29) is 17.2 Å². The zero-order valence-electron chi connectivity index (χ0n) is 18.0. The Kier molecular flexibility index (Phi) is 8.78. The first-order valence-corrected chi connectivity index (χ1v) is 12.2. The highest BCUT2D eigenvalue weighted by Gasteiger charge is 2.38. The van der Waals surface area contributed by atoms with E-state index in [0.717, 1.165) is 25.7 Å². The van der Waals surface area contributed by atoms with Gasteiger partial charge in [-0.2, -0.15) is 0 Å². The van der Waals surface area contributed by atoms with Crippen LogP contribution in [0.1, 0.15) is 103 Å². The fourth-order valence-electron chi connectivity index (χ4n) is 3.75. The molecule has 0 aromatic heterocycles. The van der Waals surface area contributed by atoms with Crippen molar-refractivity contribution in [1.82, 2.24) is 0 Å². The lowest BCUT2D eigenvalue weighted by molar-refractivity contribution is 0.308. The molecule has 0 aliphatic heterocycles. The number of aromatic hydroxyl groups is 3. The summed E-state index contributed by atoms with van der Waals surface area (Å²) < 4.78 is 0.564. The van der Waals surface area contributed by atoms with E-state index < -0.39 is 0 Å². The van der Waals surface area contributed by atoms with Crippen LogP contribution in [0.5, 0.6) is 17.2 Å². The second-order valence-electron chi connectivity index (χ2n) is 9.52. The summed E-state index contributed by atoms with van der Waals surface area (Å²) in [6.07, 6.45) is 14.1. The van der Waals surface area contributed by atoms with Gasteiger partial charge in [-0.15, -0.1) is 0 Å². The van der Waals surface area contributed by atoms with Gasteiger partial charge in [0.2, 0.25) is 0 Å². The number of phenols is 3. The highest BCUT2D eigenvalue weighted by Crippen LogP contribution is 2.49. The van der Waals surface area contributed by atoms with Crippen molar-refractivity contribution in [3.63, 3.8) is 0 Å². The lowest BCUT2D eigenvalue weighted by Gasteiger charge is -2.22. The van der Waals surface area contributed by atoms with Crippen LogP contribution < -0.4 is 0 Å². The van der Waals surface area contributed by atoms with Crippen LogP contribution in [-0.4, -0.2) is 18.7 Å². The monoisotopic (exact) mass is 502 g/mol. The van der Waals surface area contributed by atoms with E-state index in [0.29, 0.717) is 32.8 Å². The molecule has 1 saturated carbocycles. The Balaban J connectivity index is 1.78. The predicted molar refractivity (Wildman–Crippen MR) is 126 cm³/mol. The molecule has 0 unspecified atom stereocenters. The second-order valence-corrected chi connectivity index (χ2v) is 11.8. The molecule has 1 aliphatic carbocycles. The molecule has 0 spiro atoms. The molecule has 0 amide bonds. The number of hydrogen-bond acceptors (Lipinski definition) is 3. The first-order chi connectivity index (χ1) is 13.2. The molecule has 0 heterocycles. The summed E-state index contributed by atoms with van der Waals surface area (Å²) in [7, 11) is 0. The van der Waals surface area contributed by atoms with Gasteiger partial charge in [-0.3, -0.25) is 0 Å². The highest BCUT2D eigenvalue weighted by molar-refractivity contribution is 14.1. The van der Waals surface area contributed by atoms with E-state index in [9.17, 15) is 15.3 Å². The molecule has 1 aromatic rings. The number of unbranched alkanes of at least 4 members (excludes halogenated alkanes) is 4. The maximum atomic E-state index is 10.4. The maximum absolute atomic E-state index is 10.4. The molecule has 28 heavy (non-hydrogen) atoms. The molecule has 0 saturated heterocycles. The SMILES string of the molecule is CCC(C)(C)CCCCCc1cc(O)c(CCCCCC2(I)CC2)c(O)c1O. The van der Waals surface area contributed by atoms with Crippen LogP contribution in [0.25, 0.3) is 0 Å². The normalized spacial score (nSPS) is 15.7. The third-order valence-corrected chi connectivity index (χ3v) is 8.15. The highest BCUT2D eigenvalue weighted by atomic mass is 127. The largest absolute Gasteiger partial charge is 0.508 e. The van der Waals surface area contributed by atoms with Gasteiger partial charge in [0.15, 0.2) is 11.5 Å². The number of halogens is 1. The number of alkyl halides is 1. The Labute approximate surface area is 185 Å². The fourth-order valence-corrected chi connectivity index (χ4v) is 4.40. The van der Waals surface area contributed by atoms with Gasteiger partial charge >= 0.3 is 0 Å². The van der Waals surface area contributed by atoms with Crippen molar-refractivity contribution in [3.8, 4) is 17.2 Å². The van der Waals surface area contributed by atoms with Crippen molar-refractivity contribution < 1.29 is 15.3 Å². The summed E-state index contributed by atoms with van der Waals surface area (Å²) in [6.45, 7) is 6.84. The molecule has 3 N–H and O–H groups in total. The molecule has 0 bridgehead atoms. The zero-order valence-corrected chi connectivity index (χ0v) is 20.1. The molecule has 4 heteroatoms. The molecule has 0 radical (unpaired) electrons. The van der Waals surface area contributed by atoms with Crippen molar-refractivity contribution in [2.45, 2.75) is 108 Å². The maximum Gasteiger partial charge on any atom is 0.164 e. The van der Waals surface area contributed by atoms with Gasteiger partial charge < -0.3 is 15.3 Å². The molecule has 1 aliphatic rings. The van der Waals surface area contributed by atoms with E-state index in [2.05, 4.69) is 43.4 Å². The van der Waals surface area contributed by atoms with Crippen LogP contribution in [0.3, 0.4) is 0 Å². The molecule has 3 nitrogen and oxygen atoms in total. The first-order valence-electron chi connectivity index (χ1n) is 11.1. The van der Waals surface area contributed by atoms with Crippen molar-refractivity contribution in [1.29, 1.82) is 0 Å². The van der Waals surface area contributed by atoms with Crippen LogP contribution >= 0.6 is 22.6 Å². The number of hydrogen-bond donors (Lipinski definition) is 3. The van der Waals surface area contributed by atoms with Crippen LogP contribution in [0.4, 0.5) is 0 Å². The lowest BCUT2D eigenvalue weighted by atomic mass is 9.84. The molecule has 1 aromatic carbocycles. The molecule has 0 atom stereocenters. The van der Waals surface area contributed by atoms with E-state index in [1.165, 1.54) is 44.9 Å². The van der Waals surface area contributed by atoms with Crippen LogP contribution in [0.2, 0.25) is 0 Å². The summed E-state index contributed by atoms with van der Waals surface area (Å²) in [6, 6.07) is 1.66. The first kappa shape index (κ1) is 23.6. The Morgan fingerprint density at radius 1 is 0.929 bits per heavy atom. The standard InChI is InChI=1S/C24H39IO3/c1-4-23(2,3)13-9-5-7-11-18-17-20(26)19(22(28)21(18)27)12-8-6-10-14-24(25)15-16-24/h17,26-28H,4-16H2,1-3H3. The van der Waals surface area contributed by atoms with E-state index in [1.54, 1.807) is 6.07 Å². The van der Waals surface area contributed by atoms with E-state index >= 15 is 0 Å². The lowest BCUT2D eigenvalue weighted by Crippen LogP contribution is -2.08. The van der Waals surface area contributed by atoms with Crippen molar-refractivity contribution >= 4 is 22.6 Å². The topological polar surface area (TPSA) is 60.7 Å². The minimum Gasteiger partial charge on any atom is -0.508 e. The molecule has 2 rings (SSSR count). The second kappa shape index (κ2) is 10.4. The average Bonchev–Trinajstić information content (AvgIpc) is 3.38. The van der Waals surface area contributed by atoms with Gasteiger partial charge in [-0.05, 0) is 62.8 Å². The van der Waals surface area contributed by atoms with Gasteiger partial charge in [-0.1, -0.05) is 75.5 Å². The van der Waals surface area contributed by atoms with Gasteiger partial charge in [-0.25, -0.2) is 0 Å². The number of benzene rings is 1. The summed E-state index contributed by atoms with van der Waals surface area (Å²) in [5, 5.41) is 31.1. The van der Waals surface area contributed by atoms with Crippen LogP contribution in [0, 0.1) is 5.41 Å². The fraction of sp³-hybridized carbons (Fsp3) is 0.750. The smallest absolute Gasteiger partial charge is 0.164 e. The van der Waals surface area contributed by atoms with E-state index in [1.807, 2.05) is 0 Å². The van der Waals surface area contributed by atoms with Crippen LogP contribution in [-0.2, 0) is 12.8 Å². The van der Waals surface area contributed by atoms with Crippen LogP contribution in [0.15, 0.2) is 6.07 Å². The van der Waals surface area contributed by atoms with Gasteiger partial charge in [0.25, 0.3) is 0 Å². The summed E-state index contributed by atoms with van der Waals surface area (Å²) in [5.41, 5.74) is 1.56. The minimum atomic E-state index is -0.116.